The maximum Gasteiger partial charge on any atom is 0.0622 e. The molecule has 2 aliphatic heterocycles. The summed E-state index contributed by atoms with van der Waals surface area (Å²) in [5.74, 6) is 0.929. The monoisotopic (exact) mass is 127 g/mol. The Morgan fingerprint density at radius 3 is 3.22 bits per heavy atom. The van der Waals surface area contributed by atoms with Gasteiger partial charge in [0.1, 0.15) is 0 Å². The predicted octanol–water partition coefficient (Wildman–Crippen LogP) is 0.385. The van der Waals surface area contributed by atoms with Crippen molar-refractivity contribution in [1.29, 1.82) is 0 Å². The first-order valence-corrected chi connectivity index (χ1v) is 3.78. The first-order chi connectivity index (χ1) is 4.47. The van der Waals surface area contributed by atoms with Gasteiger partial charge in [-0.2, -0.15) is 0 Å². The molecule has 0 aliphatic carbocycles. The molecule has 0 aromatic heterocycles. The van der Waals surface area contributed by atoms with E-state index in [0.29, 0.717) is 6.04 Å². The fraction of sp³-hybridized carbons (Fsp3) is 1.00. The van der Waals surface area contributed by atoms with E-state index in [1.54, 1.807) is 0 Å². The summed E-state index contributed by atoms with van der Waals surface area (Å²) in [6.45, 7) is 3.15. The van der Waals surface area contributed by atoms with E-state index >= 15 is 0 Å². The average molecular weight is 127 g/mol. The summed E-state index contributed by atoms with van der Waals surface area (Å²) in [5, 5.41) is 3.43. The fourth-order valence-electron chi connectivity index (χ4n) is 1.81. The quantitative estimate of drug-likeness (QED) is 0.508. The lowest BCUT2D eigenvalue weighted by atomic mass is 9.96. The van der Waals surface area contributed by atoms with E-state index in [1.807, 2.05) is 0 Å². The summed E-state index contributed by atoms with van der Waals surface area (Å²) >= 11 is 0. The van der Waals surface area contributed by atoms with Crippen molar-refractivity contribution in [1.82, 2.24) is 5.32 Å². The highest BCUT2D eigenvalue weighted by atomic mass is 16.5. The second-order valence-corrected chi connectivity index (χ2v) is 2.97. The third-order valence-corrected chi connectivity index (χ3v) is 2.42. The predicted molar refractivity (Wildman–Crippen MR) is 35.3 cm³/mol. The first kappa shape index (κ1) is 5.69. The summed E-state index contributed by atoms with van der Waals surface area (Å²) in [6.07, 6.45) is 2.64. The standard InChI is InChI=1S/C7H13NO/c1-3-8-7-5-9-4-2-6(1)7/h6-8H,1-5H2. The van der Waals surface area contributed by atoms with Crippen molar-refractivity contribution in [2.45, 2.75) is 18.9 Å². The molecule has 2 saturated heterocycles. The molecule has 2 heterocycles. The smallest absolute Gasteiger partial charge is 0.0622 e. The maximum atomic E-state index is 5.32. The Hall–Kier alpha value is -0.0800. The molecule has 0 aromatic carbocycles. The lowest BCUT2D eigenvalue weighted by molar-refractivity contribution is 0.0526. The Labute approximate surface area is 55.6 Å². The number of hydrogen-bond donors (Lipinski definition) is 1. The van der Waals surface area contributed by atoms with Crippen LogP contribution in [0.3, 0.4) is 0 Å². The van der Waals surface area contributed by atoms with Gasteiger partial charge in [0.05, 0.1) is 6.61 Å². The Morgan fingerprint density at radius 1 is 1.33 bits per heavy atom. The summed E-state index contributed by atoms with van der Waals surface area (Å²) in [6, 6.07) is 0.693. The molecule has 2 unspecified atom stereocenters. The number of ether oxygens (including phenoxy) is 1. The van der Waals surface area contributed by atoms with Gasteiger partial charge in [0, 0.05) is 12.6 Å². The van der Waals surface area contributed by atoms with Gasteiger partial charge in [0.15, 0.2) is 0 Å². The van der Waals surface area contributed by atoms with E-state index in [9.17, 15) is 0 Å². The van der Waals surface area contributed by atoms with E-state index in [2.05, 4.69) is 5.32 Å². The van der Waals surface area contributed by atoms with Crippen LogP contribution in [0.2, 0.25) is 0 Å². The van der Waals surface area contributed by atoms with Gasteiger partial charge in [0.2, 0.25) is 0 Å². The van der Waals surface area contributed by atoms with Gasteiger partial charge in [-0.15, -0.1) is 0 Å². The van der Waals surface area contributed by atoms with Gasteiger partial charge < -0.3 is 10.1 Å². The lowest BCUT2D eigenvalue weighted by Crippen LogP contribution is -2.36. The molecule has 0 aromatic rings. The topological polar surface area (TPSA) is 21.3 Å². The Bertz CT molecular complexity index is 93.1. The second-order valence-electron chi connectivity index (χ2n) is 2.97. The van der Waals surface area contributed by atoms with Crippen LogP contribution in [0, 0.1) is 5.92 Å². The number of hydrogen-bond acceptors (Lipinski definition) is 2. The van der Waals surface area contributed by atoms with Gasteiger partial charge in [-0.1, -0.05) is 0 Å². The molecule has 2 nitrogen and oxygen atoms in total. The van der Waals surface area contributed by atoms with Crippen molar-refractivity contribution in [2.75, 3.05) is 19.8 Å². The van der Waals surface area contributed by atoms with Crippen molar-refractivity contribution in [3.63, 3.8) is 0 Å². The van der Waals surface area contributed by atoms with Gasteiger partial charge in [-0.05, 0) is 25.3 Å². The van der Waals surface area contributed by atoms with Crippen LogP contribution in [-0.2, 0) is 4.74 Å². The minimum atomic E-state index is 0.693. The largest absolute Gasteiger partial charge is 0.380 e. The van der Waals surface area contributed by atoms with Gasteiger partial charge >= 0.3 is 0 Å². The van der Waals surface area contributed by atoms with Crippen molar-refractivity contribution < 1.29 is 4.74 Å². The molecule has 2 fully saturated rings. The summed E-state index contributed by atoms with van der Waals surface area (Å²) in [4.78, 5) is 0. The van der Waals surface area contributed by atoms with Crippen LogP contribution >= 0.6 is 0 Å². The average Bonchev–Trinajstić information content (AvgIpc) is 2.33. The lowest BCUT2D eigenvalue weighted by Gasteiger charge is -2.24. The Balaban J connectivity index is 1.97. The molecule has 9 heavy (non-hydrogen) atoms. The van der Waals surface area contributed by atoms with Crippen molar-refractivity contribution in [3.8, 4) is 0 Å². The van der Waals surface area contributed by atoms with Crippen molar-refractivity contribution in [2.24, 2.45) is 5.92 Å². The Morgan fingerprint density at radius 2 is 2.33 bits per heavy atom. The molecule has 1 N–H and O–H groups in total. The molecule has 52 valence electrons. The van der Waals surface area contributed by atoms with Crippen LogP contribution in [0.15, 0.2) is 0 Å². The van der Waals surface area contributed by atoms with E-state index in [1.165, 1.54) is 19.4 Å². The van der Waals surface area contributed by atoms with Crippen LogP contribution in [-0.4, -0.2) is 25.8 Å². The zero-order valence-electron chi connectivity index (χ0n) is 5.60. The highest BCUT2D eigenvalue weighted by molar-refractivity contribution is 4.85. The van der Waals surface area contributed by atoms with Crippen molar-refractivity contribution >= 4 is 0 Å². The molecule has 2 rings (SSSR count). The van der Waals surface area contributed by atoms with Crippen LogP contribution in [0.25, 0.3) is 0 Å². The van der Waals surface area contributed by atoms with E-state index in [4.69, 9.17) is 4.74 Å². The second kappa shape index (κ2) is 2.27. The minimum Gasteiger partial charge on any atom is -0.380 e. The van der Waals surface area contributed by atoms with Crippen LogP contribution in [0.5, 0.6) is 0 Å². The molecule has 0 bridgehead atoms. The maximum absolute atomic E-state index is 5.32. The van der Waals surface area contributed by atoms with E-state index in [0.717, 1.165) is 19.1 Å². The summed E-state index contributed by atoms with van der Waals surface area (Å²) < 4.78 is 5.32. The first-order valence-electron chi connectivity index (χ1n) is 3.78. The molecule has 0 amide bonds. The van der Waals surface area contributed by atoms with Crippen LogP contribution < -0.4 is 5.32 Å². The normalized spacial score (nSPS) is 42.7. The molecule has 2 heteroatoms. The van der Waals surface area contributed by atoms with Gasteiger partial charge in [-0.3, -0.25) is 0 Å². The third-order valence-electron chi connectivity index (χ3n) is 2.42. The van der Waals surface area contributed by atoms with Gasteiger partial charge in [-0.25, -0.2) is 0 Å². The SMILES string of the molecule is C1CC2CCOCC2N1. The zero-order chi connectivity index (χ0) is 6.10. The number of nitrogens with one attached hydrogen (secondary N) is 1. The highest BCUT2D eigenvalue weighted by Gasteiger charge is 2.29. The summed E-state index contributed by atoms with van der Waals surface area (Å²) in [7, 11) is 0. The minimum absolute atomic E-state index is 0.693. The zero-order valence-corrected chi connectivity index (χ0v) is 5.60. The number of fused-ring (bicyclic) bond motifs is 1. The molecule has 2 atom stereocenters. The Kier molecular flexibility index (Phi) is 1.44. The van der Waals surface area contributed by atoms with E-state index in [-0.39, 0.29) is 0 Å². The van der Waals surface area contributed by atoms with Gasteiger partial charge in [0.25, 0.3) is 0 Å². The fourth-order valence-corrected chi connectivity index (χ4v) is 1.81. The molecular weight excluding hydrogens is 114 g/mol. The van der Waals surface area contributed by atoms with E-state index < -0.39 is 0 Å². The van der Waals surface area contributed by atoms with Crippen LogP contribution in [0.1, 0.15) is 12.8 Å². The van der Waals surface area contributed by atoms with Crippen LogP contribution in [0.4, 0.5) is 0 Å². The third kappa shape index (κ3) is 0.970. The molecule has 0 saturated carbocycles. The number of rotatable bonds is 0. The molecular formula is C7H13NO. The highest BCUT2D eigenvalue weighted by Crippen LogP contribution is 2.22. The van der Waals surface area contributed by atoms with Crippen molar-refractivity contribution in [3.05, 3.63) is 0 Å². The molecule has 0 spiro atoms. The summed E-state index contributed by atoms with van der Waals surface area (Å²) in [5.41, 5.74) is 0. The molecule has 2 aliphatic rings. The molecule has 0 radical (unpaired) electrons.